The van der Waals surface area contributed by atoms with Crippen LogP contribution in [0.15, 0.2) is 53.4 Å². The van der Waals surface area contributed by atoms with Gasteiger partial charge in [-0.25, -0.2) is 12.8 Å². The van der Waals surface area contributed by atoms with Gasteiger partial charge in [-0.15, -0.1) is 0 Å². The number of quaternary nitrogens is 1. The van der Waals surface area contributed by atoms with Crippen LogP contribution in [0.3, 0.4) is 0 Å². The van der Waals surface area contributed by atoms with Gasteiger partial charge >= 0.3 is 0 Å². The number of hydrogen-bond donors (Lipinski definition) is 2. The van der Waals surface area contributed by atoms with E-state index < -0.39 is 15.8 Å². The standard InChI is InChI=1S/C21H26FN3O3S/c1-16-7-9-18(10-8-16)15-23-21(26)17(2)24-11-13-25(14-12-24)29(27,28)20-6-4-3-5-19(20)22/h3-10,17H,11-15H2,1-2H3,(H,23,26)/p+1/t17-/m1/s1. The number of benzene rings is 2. The second kappa shape index (κ2) is 9.02. The number of carbonyl (C=O) groups excluding carboxylic acids is 1. The Morgan fingerprint density at radius 1 is 1.14 bits per heavy atom. The SMILES string of the molecule is Cc1ccc(CNC(=O)[C@@H](C)[NH+]2CCN(S(=O)(=O)c3ccccc3F)CC2)cc1. The molecule has 1 heterocycles. The van der Waals surface area contributed by atoms with E-state index in [1.807, 2.05) is 38.1 Å². The number of carbonyl (C=O) groups is 1. The van der Waals surface area contributed by atoms with Gasteiger partial charge in [-0.05, 0) is 31.5 Å². The second-order valence-corrected chi connectivity index (χ2v) is 9.32. The predicted octanol–water partition coefficient (Wildman–Crippen LogP) is 0.728. The molecule has 0 saturated carbocycles. The quantitative estimate of drug-likeness (QED) is 0.724. The van der Waals surface area contributed by atoms with E-state index in [9.17, 15) is 17.6 Å². The first-order valence-corrected chi connectivity index (χ1v) is 11.2. The van der Waals surface area contributed by atoms with Crippen LogP contribution >= 0.6 is 0 Å². The third kappa shape index (κ3) is 5.01. The molecule has 1 saturated heterocycles. The van der Waals surface area contributed by atoms with E-state index in [1.165, 1.54) is 28.1 Å². The zero-order valence-corrected chi connectivity index (χ0v) is 17.5. The molecule has 1 amide bonds. The Morgan fingerprint density at radius 2 is 1.76 bits per heavy atom. The maximum atomic E-state index is 13.9. The van der Waals surface area contributed by atoms with E-state index >= 15 is 0 Å². The van der Waals surface area contributed by atoms with Gasteiger partial charge in [0.15, 0.2) is 6.04 Å². The lowest BCUT2D eigenvalue weighted by Gasteiger charge is -2.34. The molecule has 0 unspecified atom stereocenters. The number of piperazine rings is 1. The first-order valence-electron chi connectivity index (χ1n) is 9.71. The minimum Gasteiger partial charge on any atom is -0.347 e. The lowest BCUT2D eigenvalue weighted by atomic mass is 10.1. The molecule has 1 aliphatic rings. The van der Waals surface area contributed by atoms with Gasteiger partial charge in [-0.2, -0.15) is 4.31 Å². The smallest absolute Gasteiger partial charge is 0.278 e. The molecule has 8 heteroatoms. The highest BCUT2D eigenvalue weighted by Crippen LogP contribution is 2.18. The first kappa shape index (κ1) is 21.4. The van der Waals surface area contributed by atoms with Crippen LogP contribution < -0.4 is 10.2 Å². The fourth-order valence-corrected chi connectivity index (χ4v) is 4.98. The number of aryl methyl sites for hydroxylation is 1. The Labute approximate surface area is 171 Å². The van der Waals surface area contributed by atoms with Gasteiger partial charge in [-0.1, -0.05) is 42.0 Å². The molecule has 0 aromatic heterocycles. The van der Waals surface area contributed by atoms with Gasteiger partial charge in [0.25, 0.3) is 5.91 Å². The molecule has 1 fully saturated rings. The Bertz CT molecular complexity index is 955. The van der Waals surface area contributed by atoms with Crippen LogP contribution in [0.2, 0.25) is 0 Å². The van der Waals surface area contributed by atoms with Crippen LogP contribution in [0.1, 0.15) is 18.1 Å². The summed E-state index contributed by atoms with van der Waals surface area (Å²) in [5, 5.41) is 2.95. The molecule has 29 heavy (non-hydrogen) atoms. The monoisotopic (exact) mass is 420 g/mol. The number of hydrogen-bond acceptors (Lipinski definition) is 3. The molecule has 2 aromatic carbocycles. The van der Waals surface area contributed by atoms with Gasteiger partial charge < -0.3 is 10.2 Å². The molecule has 1 aliphatic heterocycles. The molecule has 156 valence electrons. The highest BCUT2D eigenvalue weighted by atomic mass is 32.2. The zero-order valence-electron chi connectivity index (χ0n) is 16.7. The largest absolute Gasteiger partial charge is 0.347 e. The molecule has 1 atom stereocenters. The molecular formula is C21H27FN3O3S+. The maximum absolute atomic E-state index is 13.9. The number of amides is 1. The zero-order chi connectivity index (χ0) is 21.0. The Kier molecular flexibility index (Phi) is 6.66. The van der Waals surface area contributed by atoms with Crippen LogP contribution in [0.4, 0.5) is 4.39 Å². The predicted molar refractivity (Wildman–Crippen MR) is 108 cm³/mol. The van der Waals surface area contributed by atoms with Crippen LogP contribution in [-0.4, -0.2) is 50.9 Å². The number of halogens is 1. The molecule has 2 aromatic rings. The summed E-state index contributed by atoms with van der Waals surface area (Å²) in [5.74, 6) is -0.808. The molecule has 2 N–H and O–H groups in total. The molecule has 0 bridgehead atoms. The van der Waals surface area contributed by atoms with Crippen molar-refractivity contribution in [1.29, 1.82) is 0 Å². The minimum absolute atomic E-state index is 0.0639. The van der Waals surface area contributed by atoms with Crippen molar-refractivity contribution in [2.75, 3.05) is 26.2 Å². The average Bonchev–Trinajstić information content (AvgIpc) is 2.73. The fraction of sp³-hybridized carbons (Fsp3) is 0.381. The van der Waals surface area contributed by atoms with Crippen LogP contribution in [0, 0.1) is 12.7 Å². The van der Waals surface area contributed by atoms with Crippen LogP contribution in [-0.2, 0) is 21.4 Å². The van der Waals surface area contributed by atoms with Crippen molar-refractivity contribution in [3.8, 4) is 0 Å². The number of nitrogens with one attached hydrogen (secondary N) is 2. The Morgan fingerprint density at radius 3 is 2.38 bits per heavy atom. The van der Waals surface area contributed by atoms with E-state index in [1.54, 1.807) is 0 Å². The normalized spacial score (nSPS) is 17.1. The Hall–Kier alpha value is -2.29. The highest BCUT2D eigenvalue weighted by molar-refractivity contribution is 7.89. The number of sulfonamides is 1. The van der Waals surface area contributed by atoms with Gasteiger partial charge in [0, 0.05) is 6.54 Å². The summed E-state index contributed by atoms with van der Waals surface area (Å²) in [6, 6.07) is 13.1. The summed E-state index contributed by atoms with van der Waals surface area (Å²) >= 11 is 0. The number of nitrogens with zero attached hydrogens (tertiary/aromatic N) is 1. The molecule has 0 aliphatic carbocycles. The minimum atomic E-state index is -3.87. The van der Waals surface area contributed by atoms with Gasteiger partial charge in [0.1, 0.15) is 10.7 Å². The van der Waals surface area contributed by atoms with Crippen molar-refractivity contribution >= 4 is 15.9 Å². The van der Waals surface area contributed by atoms with E-state index in [-0.39, 0.29) is 29.9 Å². The topological polar surface area (TPSA) is 70.9 Å². The van der Waals surface area contributed by atoms with Crippen molar-refractivity contribution < 1.29 is 22.5 Å². The number of rotatable bonds is 6. The summed E-state index contributed by atoms with van der Waals surface area (Å²) in [4.78, 5) is 13.2. The highest BCUT2D eigenvalue weighted by Gasteiger charge is 2.35. The van der Waals surface area contributed by atoms with Crippen molar-refractivity contribution in [1.82, 2.24) is 9.62 Å². The van der Waals surface area contributed by atoms with Crippen molar-refractivity contribution in [2.24, 2.45) is 0 Å². The van der Waals surface area contributed by atoms with E-state index in [4.69, 9.17) is 0 Å². The second-order valence-electron chi connectivity index (χ2n) is 7.42. The molecular weight excluding hydrogens is 393 g/mol. The molecule has 0 radical (unpaired) electrons. The van der Waals surface area contributed by atoms with Gasteiger partial charge in [-0.3, -0.25) is 4.79 Å². The van der Waals surface area contributed by atoms with Gasteiger partial charge in [0.2, 0.25) is 10.0 Å². The summed E-state index contributed by atoms with van der Waals surface area (Å²) in [5.41, 5.74) is 2.20. The third-order valence-corrected chi connectivity index (χ3v) is 7.34. The lowest BCUT2D eigenvalue weighted by molar-refractivity contribution is -0.917. The van der Waals surface area contributed by atoms with Crippen LogP contribution in [0.5, 0.6) is 0 Å². The fourth-order valence-electron chi connectivity index (χ4n) is 3.47. The van der Waals surface area contributed by atoms with Crippen LogP contribution in [0.25, 0.3) is 0 Å². The van der Waals surface area contributed by atoms with Crippen molar-refractivity contribution in [2.45, 2.75) is 31.3 Å². The van der Waals surface area contributed by atoms with Gasteiger partial charge in [0.05, 0.1) is 26.2 Å². The van der Waals surface area contributed by atoms with E-state index in [0.717, 1.165) is 16.5 Å². The summed E-state index contributed by atoms with van der Waals surface area (Å²) < 4.78 is 40.6. The lowest BCUT2D eigenvalue weighted by Crippen LogP contribution is -3.19. The van der Waals surface area contributed by atoms with Crippen molar-refractivity contribution in [3.05, 3.63) is 65.5 Å². The molecule has 3 rings (SSSR count). The summed E-state index contributed by atoms with van der Waals surface area (Å²) in [7, 11) is -3.87. The average molecular weight is 421 g/mol. The summed E-state index contributed by atoms with van der Waals surface area (Å²) in [6.45, 7) is 5.81. The molecule has 6 nitrogen and oxygen atoms in total. The maximum Gasteiger partial charge on any atom is 0.278 e. The Balaban J connectivity index is 1.55. The third-order valence-electron chi connectivity index (χ3n) is 5.41. The summed E-state index contributed by atoms with van der Waals surface area (Å²) in [6.07, 6.45) is 0. The molecule has 0 spiro atoms. The first-order chi connectivity index (χ1) is 13.8. The van der Waals surface area contributed by atoms with E-state index in [0.29, 0.717) is 19.6 Å². The van der Waals surface area contributed by atoms with Crippen molar-refractivity contribution in [3.63, 3.8) is 0 Å². The van der Waals surface area contributed by atoms with E-state index in [2.05, 4.69) is 5.32 Å².